The maximum atomic E-state index is 9.62. The third-order valence-corrected chi connectivity index (χ3v) is 2.40. The number of nitrogens with one attached hydrogen (secondary N) is 1. The van der Waals surface area contributed by atoms with Gasteiger partial charge in [0.15, 0.2) is 0 Å². The molecule has 1 aromatic carbocycles. The van der Waals surface area contributed by atoms with E-state index in [4.69, 9.17) is 16.7 Å². The Hall–Kier alpha value is -1.47. The summed E-state index contributed by atoms with van der Waals surface area (Å²) in [5.74, 6) is 5.67. The van der Waals surface area contributed by atoms with Gasteiger partial charge in [-0.15, -0.1) is 0 Å². The summed E-state index contributed by atoms with van der Waals surface area (Å²) >= 11 is 5.95. The van der Waals surface area contributed by atoms with Crippen molar-refractivity contribution in [2.24, 2.45) is 0 Å². The molecule has 0 saturated heterocycles. The minimum absolute atomic E-state index is 0.0215. The summed E-state index contributed by atoms with van der Waals surface area (Å²) in [6.07, 6.45) is 3.48. The Balaban J connectivity index is 2.91. The summed E-state index contributed by atoms with van der Waals surface area (Å²) < 4.78 is 0. The van der Waals surface area contributed by atoms with Crippen LogP contribution in [0.5, 0.6) is 0 Å². The number of anilines is 1. The zero-order valence-corrected chi connectivity index (χ0v) is 11.8. The minimum Gasteiger partial charge on any atom is -0.392 e. The van der Waals surface area contributed by atoms with Crippen LogP contribution < -0.4 is 5.32 Å². The van der Waals surface area contributed by atoms with Crippen LogP contribution in [0.15, 0.2) is 30.4 Å². The molecule has 4 heteroatoms. The lowest BCUT2D eigenvalue weighted by molar-refractivity contribution is 0.143. The quantitative estimate of drug-likeness (QED) is 0.586. The fourth-order valence-corrected chi connectivity index (χ4v) is 1.49. The molecule has 0 aliphatic carbocycles. The second-order valence-corrected chi connectivity index (χ2v) is 4.97. The molecule has 0 aromatic heterocycles. The Bertz CT molecular complexity index is 507. The van der Waals surface area contributed by atoms with E-state index < -0.39 is 5.60 Å². The molecule has 0 fully saturated rings. The summed E-state index contributed by atoms with van der Waals surface area (Å²) in [5.41, 5.74) is 0.520. The molecule has 0 heterocycles. The second-order valence-electron chi connectivity index (χ2n) is 4.53. The predicted molar refractivity (Wildman–Crippen MR) is 79.3 cm³/mol. The monoisotopic (exact) mass is 279 g/mol. The maximum Gasteiger partial charge on any atom is 0.120 e. The van der Waals surface area contributed by atoms with Crippen LogP contribution in [0.1, 0.15) is 19.4 Å². The van der Waals surface area contributed by atoms with E-state index in [-0.39, 0.29) is 6.61 Å². The topological polar surface area (TPSA) is 52.5 Å². The number of aliphatic hydroxyl groups excluding tert-OH is 1. The molecular formula is C15H18ClNO2. The first-order valence-corrected chi connectivity index (χ1v) is 6.35. The van der Waals surface area contributed by atoms with Crippen LogP contribution in [0.25, 0.3) is 0 Å². The molecule has 0 amide bonds. The Morgan fingerprint density at radius 2 is 2.11 bits per heavy atom. The molecule has 102 valence electrons. The van der Waals surface area contributed by atoms with Crippen LogP contribution in [-0.2, 0) is 0 Å². The van der Waals surface area contributed by atoms with Crippen molar-refractivity contribution >= 4 is 17.3 Å². The van der Waals surface area contributed by atoms with Crippen molar-refractivity contribution < 1.29 is 10.2 Å². The second kappa shape index (κ2) is 7.20. The van der Waals surface area contributed by atoms with Crippen LogP contribution in [0.4, 0.5) is 5.69 Å². The summed E-state index contributed by atoms with van der Waals surface area (Å²) in [6.45, 7) is 3.86. The molecule has 1 rings (SSSR count). The fraction of sp³-hybridized carbons (Fsp3) is 0.333. The lowest BCUT2D eigenvalue weighted by Gasteiger charge is -2.09. The molecule has 0 aliphatic rings. The standard InChI is InChI=1S/C15H18ClNO2/c1-15(2,19)8-7-12-11-13(16)5-6-14(12)17-9-3-4-10-18/h3-6,11,17-19H,9-10H2,1-2H3/b4-3+. The fourth-order valence-electron chi connectivity index (χ4n) is 1.32. The number of aliphatic hydroxyl groups is 2. The third-order valence-electron chi connectivity index (χ3n) is 2.17. The van der Waals surface area contributed by atoms with Crippen molar-refractivity contribution in [1.29, 1.82) is 0 Å². The molecule has 0 unspecified atom stereocenters. The van der Waals surface area contributed by atoms with Gasteiger partial charge in [-0.05, 0) is 32.0 Å². The summed E-state index contributed by atoms with van der Waals surface area (Å²) in [5, 5.41) is 22.0. The summed E-state index contributed by atoms with van der Waals surface area (Å²) in [6, 6.07) is 5.36. The van der Waals surface area contributed by atoms with Gasteiger partial charge in [0.1, 0.15) is 5.60 Å². The van der Waals surface area contributed by atoms with Gasteiger partial charge in [0.25, 0.3) is 0 Å². The van der Waals surface area contributed by atoms with Gasteiger partial charge in [0.05, 0.1) is 12.3 Å². The normalized spacial score (nSPS) is 11.2. The first-order valence-electron chi connectivity index (χ1n) is 5.97. The van der Waals surface area contributed by atoms with Gasteiger partial charge in [0, 0.05) is 17.1 Å². The van der Waals surface area contributed by atoms with Crippen molar-refractivity contribution in [3.8, 4) is 11.8 Å². The van der Waals surface area contributed by atoms with Crippen molar-refractivity contribution in [2.75, 3.05) is 18.5 Å². The van der Waals surface area contributed by atoms with Crippen LogP contribution in [0, 0.1) is 11.8 Å². The third kappa shape index (κ3) is 6.30. The first-order chi connectivity index (χ1) is 8.92. The van der Waals surface area contributed by atoms with Gasteiger partial charge < -0.3 is 15.5 Å². The zero-order valence-electron chi connectivity index (χ0n) is 11.1. The molecule has 1 aromatic rings. The molecule has 0 saturated carbocycles. The highest BCUT2D eigenvalue weighted by Gasteiger charge is 2.07. The summed E-state index contributed by atoms with van der Waals surface area (Å²) in [4.78, 5) is 0. The van der Waals surface area contributed by atoms with Crippen LogP contribution in [0.2, 0.25) is 5.02 Å². The number of benzene rings is 1. The van der Waals surface area contributed by atoms with Gasteiger partial charge in [-0.1, -0.05) is 35.6 Å². The zero-order chi connectivity index (χ0) is 14.3. The van der Waals surface area contributed by atoms with E-state index in [0.29, 0.717) is 11.6 Å². The Kier molecular flexibility index (Phi) is 5.91. The highest BCUT2D eigenvalue weighted by molar-refractivity contribution is 6.30. The van der Waals surface area contributed by atoms with E-state index in [1.807, 2.05) is 12.1 Å². The minimum atomic E-state index is -1.05. The maximum absolute atomic E-state index is 9.62. The molecule has 0 bridgehead atoms. The molecule has 3 N–H and O–H groups in total. The first kappa shape index (κ1) is 15.6. The van der Waals surface area contributed by atoms with E-state index in [2.05, 4.69) is 17.2 Å². The van der Waals surface area contributed by atoms with E-state index in [1.54, 1.807) is 32.1 Å². The lowest BCUT2D eigenvalue weighted by Crippen LogP contribution is -2.14. The highest BCUT2D eigenvalue weighted by atomic mass is 35.5. The highest BCUT2D eigenvalue weighted by Crippen LogP contribution is 2.20. The van der Waals surface area contributed by atoms with Crippen LogP contribution in [-0.4, -0.2) is 29.0 Å². The SMILES string of the molecule is CC(C)(O)C#Cc1cc(Cl)ccc1NC/C=C/CO. The van der Waals surface area contributed by atoms with Crippen molar-refractivity contribution in [3.63, 3.8) is 0 Å². The van der Waals surface area contributed by atoms with E-state index in [0.717, 1.165) is 11.3 Å². The van der Waals surface area contributed by atoms with E-state index in [1.165, 1.54) is 0 Å². The Morgan fingerprint density at radius 1 is 1.37 bits per heavy atom. The van der Waals surface area contributed by atoms with Gasteiger partial charge in [-0.2, -0.15) is 0 Å². The van der Waals surface area contributed by atoms with Crippen molar-refractivity contribution in [3.05, 3.63) is 40.9 Å². The predicted octanol–water partition coefficient (Wildman–Crippen LogP) is 2.42. The molecule has 19 heavy (non-hydrogen) atoms. The average molecular weight is 280 g/mol. The van der Waals surface area contributed by atoms with Crippen LogP contribution >= 0.6 is 11.6 Å². The summed E-state index contributed by atoms with van der Waals surface area (Å²) in [7, 11) is 0. The molecule has 0 radical (unpaired) electrons. The average Bonchev–Trinajstić information content (AvgIpc) is 2.33. The number of rotatable bonds is 4. The van der Waals surface area contributed by atoms with Gasteiger partial charge in [0.2, 0.25) is 0 Å². The van der Waals surface area contributed by atoms with Crippen LogP contribution in [0.3, 0.4) is 0 Å². The van der Waals surface area contributed by atoms with Gasteiger partial charge >= 0.3 is 0 Å². The molecule has 0 aliphatic heterocycles. The smallest absolute Gasteiger partial charge is 0.120 e. The lowest BCUT2D eigenvalue weighted by atomic mass is 10.1. The molecular weight excluding hydrogens is 262 g/mol. The Labute approximate surface area is 118 Å². The molecule has 3 nitrogen and oxygen atoms in total. The Morgan fingerprint density at radius 3 is 2.74 bits per heavy atom. The number of halogens is 1. The van der Waals surface area contributed by atoms with Gasteiger partial charge in [-0.25, -0.2) is 0 Å². The largest absolute Gasteiger partial charge is 0.392 e. The van der Waals surface area contributed by atoms with E-state index in [9.17, 15) is 5.11 Å². The van der Waals surface area contributed by atoms with Gasteiger partial charge in [-0.3, -0.25) is 0 Å². The molecule has 0 spiro atoms. The van der Waals surface area contributed by atoms with E-state index >= 15 is 0 Å². The number of hydrogen-bond acceptors (Lipinski definition) is 3. The van der Waals surface area contributed by atoms with Crippen molar-refractivity contribution in [2.45, 2.75) is 19.4 Å². The number of hydrogen-bond donors (Lipinski definition) is 3. The molecule has 0 atom stereocenters. The van der Waals surface area contributed by atoms with Crippen molar-refractivity contribution in [1.82, 2.24) is 0 Å².